The molecule has 0 aliphatic rings. The van der Waals surface area contributed by atoms with E-state index in [9.17, 15) is 9.59 Å². The average Bonchev–Trinajstić information content (AvgIpc) is 2.29. The van der Waals surface area contributed by atoms with Crippen LogP contribution in [0.25, 0.3) is 0 Å². The molecule has 1 aromatic carbocycles. The molecule has 104 valence electrons. The molecule has 0 saturated heterocycles. The van der Waals surface area contributed by atoms with Gasteiger partial charge in [0, 0.05) is 16.4 Å². The number of carboxylic acid groups (broad SMARTS) is 1. The van der Waals surface area contributed by atoms with E-state index < -0.39 is 11.5 Å². The van der Waals surface area contributed by atoms with Crippen molar-refractivity contribution in [1.29, 1.82) is 0 Å². The van der Waals surface area contributed by atoms with E-state index in [1.807, 2.05) is 0 Å². The Bertz CT molecular complexity index is 503. The van der Waals surface area contributed by atoms with E-state index in [4.69, 9.17) is 16.7 Å². The van der Waals surface area contributed by atoms with E-state index >= 15 is 0 Å². The van der Waals surface area contributed by atoms with Gasteiger partial charge in [0.2, 0.25) is 0 Å². The molecule has 1 amide bonds. The van der Waals surface area contributed by atoms with Crippen LogP contribution in [-0.4, -0.2) is 22.5 Å². The molecule has 1 aromatic rings. The minimum atomic E-state index is -0.886. The van der Waals surface area contributed by atoms with E-state index in [-0.39, 0.29) is 12.3 Å². The molecule has 4 nitrogen and oxygen atoms in total. The van der Waals surface area contributed by atoms with E-state index in [1.54, 1.807) is 32.0 Å². The topological polar surface area (TPSA) is 66.4 Å². The number of benzene rings is 1. The van der Waals surface area contributed by atoms with Crippen LogP contribution in [0.2, 0.25) is 5.02 Å². The molecule has 0 atom stereocenters. The van der Waals surface area contributed by atoms with E-state index in [0.29, 0.717) is 17.0 Å². The SMILES string of the molecule is CC(C)(CCC(=O)O)NC(=O)c1cc(Br)ccc1Cl. The predicted molar refractivity (Wildman–Crippen MR) is 77.6 cm³/mol. The lowest BCUT2D eigenvalue weighted by molar-refractivity contribution is -0.137. The van der Waals surface area contributed by atoms with Crippen molar-refractivity contribution in [3.05, 3.63) is 33.3 Å². The molecular formula is C13H15BrClNO3. The van der Waals surface area contributed by atoms with Crippen molar-refractivity contribution in [2.24, 2.45) is 0 Å². The summed E-state index contributed by atoms with van der Waals surface area (Å²) < 4.78 is 0.755. The smallest absolute Gasteiger partial charge is 0.303 e. The summed E-state index contributed by atoms with van der Waals surface area (Å²) >= 11 is 9.25. The van der Waals surface area contributed by atoms with Crippen LogP contribution >= 0.6 is 27.5 Å². The van der Waals surface area contributed by atoms with Crippen LogP contribution in [0, 0.1) is 0 Å². The molecule has 6 heteroatoms. The van der Waals surface area contributed by atoms with Crippen LogP contribution in [0.1, 0.15) is 37.0 Å². The average molecular weight is 349 g/mol. The second kappa shape index (κ2) is 6.39. The summed E-state index contributed by atoms with van der Waals surface area (Å²) in [7, 11) is 0. The number of hydrogen-bond donors (Lipinski definition) is 2. The lowest BCUT2D eigenvalue weighted by Gasteiger charge is -2.26. The predicted octanol–water partition coefficient (Wildman–Crippen LogP) is 3.48. The highest BCUT2D eigenvalue weighted by molar-refractivity contribution is 9.10. The van der Waals surface area contributed by atoms with Crippen molar-refractivity contribution in [2.45, 2.75) is 32.2 Å². The molecule has 0 aliphatic heterocycles. The van der Waals surface area contributed by atoms with Gasteiger partial charge in [-0.25, -0.2) is 0 Å². The molecule has 0 spiro atoms. The summed E-state index contributed by atoms with van der Waals surface area (Å²) in [4.78, 5) is 22.7. The minimum Gasteiger partial charge on any atom is -0.481 e. The Morgan fingerprint density at radius 3 is 2.63 bits per heavy atom. The van der Waals surface area contributed by atoms with Gasteiger partial charge < -0.3 is 10.4 Å². The van der Waals surface area contributed by atoms with Gasteiger partial charge in [0.05, 0.1) is 10.6 Å². The number of aliphatic carboxylic acids is 1. The second-order valence-electron chi connectivity index (χ2n) is 4.86. The molecular weight excluding hydrogens is 334 g/mol. The molecule has 1 rings (SSSR count). The summed E-state index contributed by atoms with van der Waals surface area (Å²) in [6.45, 7) is 3.56. The van der Waals surface area contributed by atoms with E-state index in [2.05, 4.69) is 21.2 Å². The van der Waals surface area contributed by atoms with Gasteiger partial charge in [-0.05, 0) is 38.5 Å². The maximum atomic E-state index is 12.1. The number of nitrogens with one attached hydrogen (secondary N) is 1. The van der Waals surface area contributed by atoms with Crippen LogP contribution in [0.4, 0.5) is 0 Å². The summed E-state index contributed by atoms with van der Waals surface area (Å²) in [5, 5.41) is 11.8. The van der Waals surface area contributed by atoms with Gasteiger partial charge in [0.25, 0.3) is 5.91 Å². The first kappa shape index (κ1) is 16.0. The second-order valence-corrected chi connectivity index (χ2v) is 6.18. The summed E-state index contributed by atoms with van der Waals surface area (Å²) in [6.07, 6.45) is 0.346. The highest BCUT2D eigenvalue weighted by Crippen LogP contribution is 2.22. The zero-order chi connectivity index (χ0) is 14.6. The van der Waals surface area contributed by atoms with Crippen molar-refractivity contribution in [2.75, 3.05) is 0 Å². The third-order valence-electron chi connectivity index (χ3n) is 2.59. The Kier molecular flexibility index (Phi) is 5.38. The van der Waals surface area contributed by atoms with Crippen molar-refractivity contribution < 1.29 is 14.7 Å². The third-order valence-corrected chi connectivity index (χ3v) is 3.41. The van der Waals surface area contributed by atoms with Gasteiger partial charge >= 0.3 is 5.97 Å². The lowest BCUT2D eigenvalue weighted by Crippen LogP contribution is -2.43. The number of halogens is 2. The van der Waals surface area contributed by atoms with Gasteiger partial charge in [-0.2, -0.15) is 0 Å². The fourth-order valence-electron chi connectivity index (χ4n) is 1.53. The largest absolute Gasteiger partial charge is 0.481 e. The zero-order valence-corrected chi connectivity index (χ0v) is 13.0. The van der Waals surface area contributed by atoms with Crippen molar-refractivity contribution in [3.63, 3.8) is 0 Å². The molecule has 0 fully saturated rings. The van der Waals surface area contributed by atoms with Crippen LogP contribution in [-0.2, 0) is 4.79 Å². The molecule has 0 aliphatic carbocycles. The minimum absolute atomic E-state index is 0.000500. The molecule has 2 N–H and O–H groups in total. The fraction of sp³-hybridized carbons (Fsp3) is 0.385. The number of hydrogen-bond acceptors (Lipinski definition) is 2. The highest BCUT2D eigenvalue weighted by Gasteiger charge is 2.23. The quantitative estimate of drug-likeness (QED) is 0.856. The molecule has 0 unspecified atom stereocenters. The first-order valence-electron chi connectivity index (χ1n) is 5.70. The lowest BCUT2D eigenvalue weighted by atomic mass is 9.98. The standard InChI is InChI=1S/C13H15BrClNO3/c1-13(2,6-5-11(17)18)16-12(19)9-7-8(14)3-4-10(9)15/h3-4,7H,5-6H2,1-2H3,(H,16,19)(H,17,18). The van der Waals surface area contributed by atoms with Crippen LogP contribution in [0.15, 0.2) is 22.7 Å². The molecule has 0 aromatic heterocycles. The Balaban J connectivity index is 2.78. The number of carbonyl (C=O) groups is 2. The van der Waals surface area contributed by atoms with Gasteiger partial charge in [-0.3, -0.25) is 9.59 Å². The number of amides is 1. The first-order valence-corrected chi connectivity index (χ1v) is 6.88. The summed E-state index contributed by atoms with van der Waals surface area (Å²) in [5.74, 6) is -1.20. The monoisotopic (exact) mass is 347 g/mol. The maximum Gasteiger partial charge on any atom is 0.303 e. The normalized spacial score (nSPS) is 11.2. The molecule has 0 saturated carbocycles. The van der Waals surface area contributed by atoms with Crippen LogP contribution < -0.4 is 5.32 Å². The number of carbonyl (C=O) groups excluding carboxylic acids is 1. The van der Waals surface area contributed by atoms with E-state index in [0.717, 1.165) is 4.47 Å². The third kappa shape index (κ3) is 5.20. The number of rotatable bonds is 5. The van der Waals surface area contributed by atoms with Crippen LogP contribution in [0.5, 0.6) is 0 Å². The Hall–Kier alpha value is -1.07. The first-order chi connectivity index (χ1) is 8.71. The molecule has 19 heavy (non-hydrogen) atoms. The molecule has 0 heterocycles. The van der Waals surface area contributed by atoms with Gasteiger partial charge in [-0.1, -0.05) is 27.5 Å². The van der Waals surface area contributed by atoms with Crippen molar-refractivity contribution in [3.8, 4) is 0 Å². The van der Waals surface area contributed by atoms with Gasteiger partial charge in [0.15, 0.2) is 0 Å². The molecule has 0 radical (unpaired) electrons. The Morgan fingerprint density at radius 1 is 1.42 bits per heavy atom. The molecule has 0 bridgehead atoms. The zero-order valence-electron chi connectivity index (χ0n) is 10.7. The summed E-state index contributed by atoms with van der Waals surface area (Å²) in [5.41, 5.74) is -0.249. The fourth-order valence-corrected chi connectivity index (χ4v) is 2.09. The van der Waals surface area contributed by atoms with Crippen LogP contribution in [0.3, 0.4) is 0 Å². The Labute approximate surface area is 125 Å². The summed E-state index contributed by atoms with van der Waals surface area (Å²) in [6, 6.07) is 5.00. The highest BCUT2D eigenvalue weighted by atomic mass is 79.9. The number of carboxylic acids is 1. The maximum absolute atomic E-state index is 12.1. The van der Waals surface area contributed by atoms with Gasteiger partial charge in [-0.15, -0.1) is 0 Å². The van der Waals surface area contributed by atoms with Gasteiger partial charge in [0.1, 0.15) is 0 Å². The van der Waals surface area contributed by atoms with E-state index in [1.165, 1.54) is 0 Å². The van der Waals surface area contributed by atoms with Crippen molar-refractivity contribution >= 4 is 39.4 Å². The Morgan fingerprint density at radius 2 is 2.05 bits per heavy atom. The van der Waals surface area contributed by atoms with Crippen molar-refractivity contribution in [1.82, 2.24) is 5.32 Å².